The van der Waals surface area contributed by atoms with Crippen LogP contribution in [0.1, 0.15) is 40.5 Å². The summed E-state index contributed by atoms with van der Waals surface area (Å²) in [6.07, 6.45) is 2.07. The Morgan fingerprint density at radius 3 is 2.31 bits per heavy atom. The van der Waals surface area contributed by atoms with E-state index in [0.717, 1.165) is 17.7 Å². The Morgan fingerprint density at radius 2 is 1.76 bits per heavy atom. The zero-order valence-electron chi connectivity index (χ0n) is 18.1. The predicted molar refractivity (Wildman–Crippen MR) is 114 cm³/mol. The molecule has 0 unspecified atom stereocenters. The van der Waals surface area contributed by atoms with Crippen LogP contribution in [0.25, 0.3) is 0 Å². The maximum Gasteiger partial charge on any atom is 0.275 e. The number of nitrogens with zero attached hydrogens (tertiary/aromatic N) is 1. The van der Waals surface area contributed by atoms with Crippen LogP contribution in [0, 0.1) is 5.92 Å². The Hall–Kier alpha value is -1.64. The Labute approximate surface area is 175 Å². The van der Waals surface area contributed by atoms with E-state index in [1.807, 2.05) is 13.8 Å². The van der Waals surface area contributed by atoms with Crippen molar-refractivity contribution in [1.29, 1.82) is 0 Å². The number of ether oxygens (including phenoxy) is 1. The number of hydrogen-bond acceptors (Lipinski definition) is 4. The SMILES string of the molecule is CCOc1ccc(S(=O)(=O)N2CC[NH+](CC(=O)N[C@@H](C)CCC(C)C)CC2)cc1. The highest BCUT2D eigenvalue weighted by atomic mass is 32.2. The summed E-state index contributed by atoms with van der Waals surface area (Å²) in [5, 5.41) is 3.06. The van der Waals surface area contributed by atoms with Gasteiger partial charge in [0.15, 0.2) is 6.54 Å². The summed E-state index contributed by atoms with van der Waals surface area (Å²) >= 11 is 0. The second-order valence-electron chi connectivity index (χ2n) is 8.18. The van der Waals surface area contributed by atoms with Crippen molar-refractivity contribution in [3.63, 3.8) is 0 Å². The molecule has 0 aromatic heterocycles. The average Bonchev–Trinajstić information content (AvgIpc) is 2.67. The predicted octanol–water partition coefficient (Wildman–Crippen LogP) is 0.915. The molecular formula is C21H36N3O4S+. The Kier molecular flexibility index (Phi) is 8.92. The van der Waals surface area contributed by atoms with Gasteiger partial charge in [-0.1, -0.05) is 13.8 Å². The quantitative estimate of drug-likeness (QED) is 0.583. The normalized spacial score (nSPS) is 17.3. The van der Waals surface area contributed by atoms with E-state index in [-0.39, 0.29) is 16.8 Å². The Morgan fingerprint density at radius 1 is 1.14 bits per heavy atom. The van der Waals surface area contributed by atoms with Crippen molar-refractivity contribution in [2.75, 3.05) is 39.3 Å². The van der Waals surface area contributed by atoms with E-state index in [2.05, 4.69) is 19.2 Å². The molecule has 0 bridgehead atoms. The van der Waals surface area contributed by atoms with E-state index in [0.29, 0.717) is 51.0 Å². The molecule has 0 aliphatic carbocycles. The number of quaternary nitrogens is 1. The summed E-state index contributed by atoms with van der Waals surface area (Å²) in [4.78, 5) is 13.7. The number of carbonyl (C=O) groups excluding carboxylic acids is 1. The molecule has 2 N–H and O–H groups in total. The molecule has 2 rings (SSSR count). The van der Waals surface area contributed by atoms with Crippen LogP contribution in [0.4, 0.5) is 0 Å². The maximum atomic E-state index is 12.9. The number of rotatable bonds is 10. The molecule has 7 nitrogen and oxygen atoms in total. The highest BCUT2D eigenvalue weighted by Gasteiger charge is 2.31. The summed E-state index contributed by atoms with van der Waals surface area (Å²) in [7, 11) is -3.52. The molecule has 29 heavy (non-hydrogen) atoms. The molecule has 1 aromatic rings. The molecular weight excluding hydrogens is 390 g/mol. The fourth-order valence-electron chi connectivity index (χ4n) is 3.45. The molecule has 0 radical (unpaired) electrons. The molecule has 1 amide bonds. The summed E-state index contributed by atoms with van der Waals surface area (Å²) < 4.78 is 32.6. The third kappa shape index (κ3) is 7.28. The van der Waals surface area contributed by atoms with E-state index in [9.17, 15) is 13.2 Å². The smallest absolute Gasteiger partial charge is 0.275 e. The minimum Gasteiger partial charge on any atom is -0.494 e. The van der Waals surface area contributed by atoms with Gasteiger partial charge in [0, 0.05) is 6.04 Å². The number of hydrogen-bond donors (Lipinski definition) is 2. The van der Waals surface area contributed by atoms with E-state index in [1.165, 1.54) is 4.31 Å². The van der Waals surface area contributed by atoms with Crippen molar-refractivity contribution in [3.05, 3.63) is 24.3 Å². The first-order valence-electron chi connectivity index (χ1n) is 10.6. The number of piperazine rings is 1. The number of nitrogens with one attached hydrogen (secondary N) is 2. The number of benzene rings is 1. The Balaban J connectivity index is 1.82. The van der Waals surface area contributed by atoms with Crippen LogP contribution in [-0.2, 0) is 14.8 Å². The molecule has 164 valence electrons. The van der Waals surface area contributed by atoms with Gasteiger partial charge in [-0.2, -0.15) is 4.31 Å². The van der Waals surface area contributed by atoms with Crippen LogP contribution < -0.4 is 15.0 Å². The fraction of sp³-hybridized carbons (Fsp3) is 0.667. The zero-order chi connectivity index (χ0) is 21.4. The molecule has 0 saturated carbocycles. The lowest BCUT2D eigenvalue weighted by molar-refractivity contribution is -0.895. The van der Waals surface area contributed by atoms with Gasteiger partial charge in [0.25, 0.3) is 5.91 Å². The van der Waals surface area contributed by atoms with Crippen molar-refractivity contribution in [1.82, 2.24) is 9.62 Å². The number of carbonyl (C=O) groups is 1. The molecule has 0 spiro atoms. The van der Waals surface area contributed by atoms with Crippen LogP contribution in [0.3, 0.4) is 0 Å². The lowest BCUT2D eigenvalue weighted by Crippen LogP contribution is -3.15. The second kappa shape index (κ2) is 10.9. The molecule has 1 aliphatic heterocycles. The van der Waals surface area contributed by atoms with E-state index >= 15 is 0 Å². The summed E-state index contributed by atoms with van der Waals surface area (Å²) in [5.74, 6) is 1.33. The molecule has 8 heteroatoms. The van der Waals surface area contributed by atoms with Crippen LogP contribution >= 0.6 is 0 Å². The van der Waals surface area contributed by atoms with Gasteiger partial charge in [0.05, 0.1) is 37.7 Å². The molecule has 1 heterocycles. The van der Waals surface area contributed by atoms with Crippen molar-refractivity contribution in [2.24, 2.45) is 5.92 Å². The first-order valence-corrected chi connectivity index (χ1v) is 12.0. The van der Waals surface area contributed by atoms with Gasteiger partial charge >= 0.3 is 0 Å². The summed E-state index contributed by atoms with van der Waals surface area (Å²) in [6, 6.07) is 6.72. The van der Waals surface area contributed by atoms with Gasteiger partial charge in [0.2, 0.25) is 10.0 Å². The van der Waals surface area contributed by atoms with Gasteiger partial charge in [0.1, 0.15) is 5.75 Å². The van der Waals surface area contributed by atoms with Gasteiger partial charge < -0.3 is 15.0 Å². The first kappa shape index (κ1) is 23.6. The molecule has 1 aliphatic rings. The van der Waals surface area contributed by atoms with Crippen molar-refractivity contribution < 1.29 is 22.8 Å². The monoisotopic (exact) mass is 426 g/mol. The van der Waals surface area contributed by atoms with E-state index in [4.69, 9.17) is 4.74 Å². The molecule has 1 atom stereocenters. The lowest BCUT2D eigenvalue weighted by Gasteiger charge is -2.31. The number of amides is 1. The van der Waals surface area contributed by atoms with Gasteiger partial charge in [-0.25, -0.2) is 8.42 Å². The van der Waals surface area contributed by atoms with Crippen LogP contribution in [0.15, 0.2) is 29.2 Å². The van der Waals surface area contributed by atoms with Gasteiger partial charge in [-0.3, -0.25) is 4.79 Å². The Bertz CT molecular complexity index is 742. The highest BCUT2D eigenvalue weighted by molar-refractivity contribution is 7.89. The van der Waals surface area contributed by atoms with Crippen molar-refractivity contribution in [3.8, 4) is 5.75 Å². The van der Waals surface area contributed by atoms with E-state index < -0.39 is 10.0 Å². The largest absolute Gasteiger partial charge is 0.494 e. The van der Waals surface area contributed by atoms with Crippen LogP contribution in [-0.4, -0.2) is 64.0 Å². The topological polar surface area (TPSA) is 80.2 Å². The van der Waals surface area contributed by atoms with Crippen molar-refractivity contribution >= 4 is 15.9 Å². The van der Waals surface area contributed by atoms with Crippen LogP contribution in [0.2, 0.25) is 0 Å². The van der Waals surface area contributed by atoms with E-state index in [1.54, 1.807) is 24.3 Å². The molecule has 1 aromatic carbocycles. The third-order valence-corrected chi connectivity index (χ3v) is 7.11. The van der Waals surface area contributed by atoms with Crippen LogP contribution in [0.5, 0.6) is 5.75 Å². The highest BCUT2D eigenvalue weighted by Crippen LogP contribution is 2.19. The maximum absolute atomic E-state index is 12.9. The fourth-order valence-corrected chi connectivity index (χ4v) is 4.89. The summed E-state index contributed by atoms with van der Waals surface area (Å²) in [5.41, 5.74) is 0. The zero-order valence-corrected chi connectivity index (χ0v) is 18.9. The lowest BCUT2D eigenvalue weighted by atomic mass is 10.0. The van der Waals surface area contributed by atoms with Crippen molar-refractivity contribution in [2.45, 2.75) is 51.5 Å². The van der Waals surface area contributed by atoms with Gasteiger partial charge in [-0.15, -0.1) is 0 Å². The first-order chi connectivity index (χ1) is 13.7. The minimum atomic E-state index is -3.52. The minimum absolute atomic E-state index is 0.0408. The number of sulfonamides is 1. The van der Waals surface area contributed by atoms with Gasteiger partial charge in [-0.05, 0) is 56.9 Å². The molecule has 1 fully saturated rings. The summed E-state index contributed by atoms with van der Waals surface area (Å²) in [6.45, 7) is 11.3. The standard InChI is InChI=1S/C21H35N3O4S/c1-5-28-19-8-10-20(11-9-19)29(26,27)24-14-12-23(13-15-24)16-21(25)22-18(4)7-6-17(2)3/h8-11,17-18H,5-7,12-16H2,1-4H3,(H,22,25)/p+1/t18-/m0/s1. The second-order valence-corrected chi connectivity index (χ2v) is 10.1. The third-order valence-electron chi connectivity index (χ3n) is 5.20. The average molecular weight is 427 g/mol. The molecule has 1 saturated heterocycles.